The molecule has 2 atom stereocenters. The van der Waals surface area contributed by atoms with Crippen molar-refractivity contribution in [2.75, 3.05) is 39.6 Å². The van der Waals surface area contributed by atoms with Crippen LogP contribution in [0.4, 0.5) is 19.2 Å². The van der Waals surface area contributed by atoms with E-state index < -0.39 is 41.3 Å². The average molecular weight is 848 g/mol. The Morgan fingerprint density at radius 1 is 0.614 bits per heavy atom. The predicted octanol–water partition coefficient (Wildman–Crippen LogP) is 10.6. The van der Waals surface area contributed by atoms with Gasteiger partial charge in [-0.15, -0.1) is 0 Å². The highest BCUT2D eigenvalue weighted by atomic mass is 28.4. The van der Waals surface area contributed by atoms with E-state index in [0.717, 1.165) is 108 Å². The Bertz CT molecular complexity index is 1200. The molecule has 0 aromatic rings. The molecular formula is C40H71O15Si2+. The molecule has 0 aliphatic carbocycles. The molecule has 1 aliphatic rings. The van der Waals surface area contributed by atoms with E-state index in [9.17, 15) is 19.2 Å². The number of hydrogen-bond donors (Lipinski definition) is 0. The molecule has 1 aliphatic heterocycles. The first-order chi connectivity index (χ1) is 26.8. The molecular weight excluding hydrogens is 777 g/mol. The number of rotatable bonds is 26. The van der Waals surface area contributed by atoms with Crippen LogP contribution >= 0.6 is 0 Å². The van der Waals surface area contributed by atoms with Crippen molar-refractivity contribution < 1.29 is 70.3 Å². The summed E-state index contributed by atoms with van der Waals surface area (Å²) >= 11 is 0. The van der Waals surface area contributed by atoms with Crippen LogP contribution in [0.5, 0.6) is 0 Å². The zero-order valence-electron chi connectivity index (χ0n) is 35.9. The van der Waals surface area contributed by atoms with Crippen molar-refractivity contribution in [2.45, 2.75) is 141 Å². The molecule has 0 aromatic carbocycles. The fourth-order valence-electron chi connectivity index (χ4n) is 6.24. The maximum absolute atomic E-state index is 11.2. The summed E-state index contributed by atoms with van der Waals surface area (Å²) in [5.74, 6) is 0. The van der Waals surface area contributed by atoms with E-state index >= 15 is 0 Å². The van der Waals surface area contributed by atoms with Crippen LogP contribution in [0.25, 0.3) is 0 Å². The molecule has 1 heterocycles. The minimum atomic E-state index is -1.77. The molecule has 0 bridgehead atoms. The summed E-state index contributed by atoms with van der Waals surface area (Å²) in [4.78, 5) is 44.4. The summed E-state index contributed by atoms with van der Waals surface area (Å²) < 4.78 is 54.1. The molecule has 0 N–H and O–H groups in total. The number of carbonyl (C=O) groups excluding carboxylic acids is 4. The van der Waals surface area contributed by atoms with Crippen LogP contribution in [0.2, 0.25) is 38.3 Å². The second-order valence-corrected chi connectivity index (χ2v) is 24.1. The van der Waals surface area contributed by atoms with Crippen LogP contribution in [0.3, 0.4) is 0 Å². The number of carbonyl (C=O) groups is 4. The highest BCUT2D eigenvalue weighted by Gasteiger charge is 2.55. The van der Waals surface area contributed by atoms with Gasteiger partial charge in [-0.3, -0.25) is 0 Å². The van der Waals surface area contributed by atoms with Crippen molar-refractivity contribution in [3.8, 4) is 0 Å². The highest BCUT2D eigenvalue weighted by molar-refractivity contribution is 6.84. The Hall–Kier alpha value is -3.65. The number of unbranched alkanes of at least 4 members (excludes halogenated alkanes) is 4. The van der Waals surface area contributed by atoms with Gasteiger partial charge in [-0.2, -0.15) is 0 Å². The van der Waals surface area contributed by atoms with Crippen molar-refractivity contribution in [3.63, 3.8) is 0 Å². The molecule has 1 fully saturated rings. The molecule has 0 aromatic heterocycles. The van der Waals surface area contributed by atoms with Gasteiger partial charge in [0.1, 0.15) is 18.3 Å². The van der Waals surface area contributed by atoms with E-state index in [4.69, 9.17) is 27.8 Å². The fraction of sp³-hybridized carbons (Fsp3) is 0.700. The lowest BCUT2D eigenvalue weighted by Crippen LogP contribution is -2.63. The molecule has 0 spiro atoms. The minimum absolute atomic E-state index is 0.0747. The quantitative estimate of drug-likeness (QED) is 0.0202. The number of hydrogen-bond acceptors (Lipinski definition) is 14. The van der Waals surface area contributed by atoms with Crippen LogP contribution < -0.4 is 0 Å². The third-order valence-electron chi connectivity index (χ3n) is 9.22. The van der Waals surface area contributed by atoms with Crippen LogP contribution in [-0.2, 0) is 51.1 Å². The maximum Gasteiger partial charge on any atom is 0.513 e. The van der Waals surface area contributed by atoms with E-state index in [1.807, 2.05) is 0 Å². The first-order valence-corrected chi connectivity index (χ1v) is 25.8. The first kappa shape index (κ1) is 53.4. The van der Waals surface area contributed by atoms with E-state index in [1.54, 1.807) is 0 Å². The lowest BCUT2D eigenvalue weighted by atomic mass is 9.81. The summed E-state index contributed by atoms with van der Waals surface area (Å²) in [6.07, 6.45) is 8.84. The van der Waals surface area contributed by atoms with E-state index in [0.29, 0.717) is 26.4 Å². The van der Waals surface area contributed by atoms with Gasteiger partial charge in [0.2, 0.25) is 0 Å². The smallest absolute Gasteiger partial charge is 0.455 e. The molecule has 57 heavy (non-hydrogen) atoms. The minimum Gasteiger partial charge on any atom is -0.455 e. The molecule has 17 heteroatoms. The maximum atomic E-state index is 11.2. The zero-order chi connectivity index (χ0) is 43.4. The van der Waals surface area contributed by atoms with Crippen molar-refractivity contribution in [2.24, 2.45) is 0 Å². The van der Waals surface area contributed by atoms with Gasteiger partial charge >= 0.3 is 24.6 Å². The van der Waals surface area contributed by atoms with Gasteiger partial charge in [0, 0.05) is 20.3 Å². The second-order valence-electron chi connectivity index (χ2n) is 15.3. The Kier molecular flexibility index (Phi) is 26.9. The molecule has 1 rings (SSSR count). The van der Waals surface area contributed by atoms with Gasteiger partial charge in [0.25, 0.3) is 0 Å². The molecule has 1 saturated heterocycles. The third kappa shape index (κ3) is 24.7. The van der Waals surface area contributed by atoms with Crippen molar-refractivity contribution >= 4 is 41.3 Å². The van der Waals surface area contributed by atoms with Crippen LogP contribution in [0, 0.1) is 0 Å². The van der Waals surface area contributed by atoms with E-state index in [1.165, 1.54) is 0 Å². The van der Waals surface area contributed by atoms with E-state index in [-0.39, 0.29) is 17.3 Å². The molecule has 15 nitrogen and oxygen atoms in total. The first-order valence-electron chi connectivity index (χ1n) is 19.6. The summed E-state index contributed by atoms with van der Waals surface area (Å²) in [7, 11) is -3.54. The van der Waals surface area contributed by atoms with Crippen LogP contribution in [-0.4, -0.2) is 98.2 Å². The normalized spacial score (nSPS) is 17.6. The Morgan fingerprint density at radius 3 is 1.33 bits per heavy atom. The molecule has 2 unspecified atom stereocenters. The van der Waals surface area contributed by atoms with Gasteiger partial charge in [-0.25, -0.2) is 19.2 Å². The van der Waals surface area contributed by atoms with Crippen molar-refractivity contribution in [1.29, 1.82) is 0 Å². The Morgan fingerprint density at radius 2 is 0.965 bits per heavy atom. The standard InChI is InChI=1S/C22H37O8.C18H34O7Si2/c1-7-25-19(23)27-14-10-9-13-22(6)21(4,5)30(17-18(3)29-22)16-12-11-15-28-20(24)26-8-2;1-7-21-17(19)23-13-9-11-15-26(3,4)25-27(5,6)16-12-10-14-24-18(20)22-8-2/h7-8,18H,1-2,9-17H2,3-6H3;7-8H,1-2,9-16H2,3-6H3/q+1;. The van der Waals surface area contributed by atoms with Gasteiger partial charge in [-0.05, 0) is 90.6 Å². The molecule has 0 saturated carbocycles. The Labute approximate surface area is 342 Å². The van der Waals surface area contributed by atoms with Gasteiger partial charge in [0.15, 0.2) is 28.8 Å². The molecule has 0 amide bonds. The van der Waals surface area contributed by atoms with Gasteiger partial charge < -0.3 is 51.1 Å². The summed E-state index contributed by atoms with van der Waals surface area (Å²) in [5.41, 5.74) is -0.633. The predicted molar refractivity (Wildman–Crippen MR) is 222 cm³/mol. The SMILES string of the molecule is C=COC(=O)OCCCC[O+]1CC(C)OC(C)(CCCCOC(=O)OC=C)C1(C)C.C=COC(=O)OCCCC[Si](C)(C)O[Si](C)(C)CCCCOC(=O)OC=C. The third-order valence-corrected chi connectivity index (χ3v) is 16.8. The van der Waals surface area contributed by atoms with Gasteiger partial charge in [-0.1, -0.05) is 39.2 Å². The largest absolute Gasteiger partial charge is 0.513 e. The molecule has 0 radical (unpaired) electrons. The summed E-state index contributed by atoms with van der Waals surface area (Å²) in [5, 5.41) is 0. The summed E-state index contributed by atoms with van der Waals surface area (Å²) in [6, 6.07) is 2.03. The highest BCUT2D eigenvalue weighted by Crippen LogP contribution is 2.43. The lowest BCUT2D eigenvalue weighted by molar-refractivity contribution is -0.372. The topological polar surface area (TPSA) is 163 Å². The van der Waals surface area contributed by atoms with Crippen LogP contribution in [0.15, 0.2) is 51.4 Å². The van der Waals surface area contributed by atoms with E-state index in [2.05, 4.69) is 104 Å². The lowest BCUT2D eigenvalue weighted by Gasteiger charge is -2.52. The zero-order valence-corrected chi connectivity index (χ0v) is 37.9. The summed E-state index contributed by atoms with van der Waals surface area (Å²) in [6.45, 7) is 33.5. The second kappa shape index (κ2) is 28.7. The Balaban J connectivity index is 0.00000111. The van der Waals surface area contributed by atoms with Crippen molar-refractivity contribution in [1.82, 2.24) is 0 Å². The number of ether oxygens (including phenoxy) is 9. The average Bonchev–Trinajstić information content (AvgIpc) is 3.10. The monoisotopic (exact) mass is 847 g/mol. The molecule has 328 valence electrons. The van der Waals surface area contributed by atoms with Crippen LogP contribution in [0.1, 0.15) is 85.5 Å². The van der Waals surface area contributed by atoms with Gasteiger partial charge in [0.05, 0.1) is 51.5 Å². The van der Waals surface area contributed by atoms with Crippen molar-refractivity contribution in [3.05, 3.63) is 51.4 Å². The fourth-order valence-corrected chi connectivity index (χ4v) is 15.2.